The lowest BCUT2D eigenvalue weighted by atomic mass is 10.2. The lowest BCUT2D eigenvalue weighted by Crippen LogP contribution is -2.36. The van der Waals surface area contributed by atoms with Gasteiger partial charge in [-0.15, -0.1) is 11.3 Å². The fourth-order valence-corrected chi connectivity index (χ4v) is 2.69. The molecule has 3 N–H and O–H groups in total. The van der Waals surface area contributed by atoms with Gasteiger partial charge in [-0.3, -0.25) is 4.79 Å². The third kappa shape index (κ3) is 3.22. The highest BCUT2D eigenvalue weighted by Crippen LogP contribution is 2.21. The van der Waals surface area contributed by atoms with Crippen LogP contribution in [0.15, 0.2) is 23.7 Å². The number of anilines is 1. The van der Waals surface area contributed by atoms with E-state index < -0.39 is 6.04 Å². The molecule has 1 atom stereocenters. The molecule has 0 aliphatic heterocycles. The molecule has 18 heavy (non-hydrogen) atoms. The Morgan fingerprint density at radius 1 is 1.61 bits per heavy atom. The van der Waals surface area contributed by atoms with Crippen LogP contribution in [0.2, 0.25) is 0 Å². The van der Waals surface area contributed by atoms with Crippen LogP contribution in [-0.2, 0) is 4.79 Å². The maximum atomic E-state index is 11.8. The molecule has 0 fully saturated rings. The summed E-state index contributed by atoms with van der Waals surface area (Å²) in [6.07, 6.45) is 2.69. The topological polar surface area (TPSA) is 68.0 Å². The number of nitrogens with two attached hydrogens (primary N) is 1. The van der Waals surface area contributed by atoms with Crippen LogP contribution in [0.3, 0.4) is 0 Å². The Bertz CT molecular complexity index is 541. The maximum absolute atomic E-state index is 11.8. The van der Waals surface area contributed by atoms with Crippen LogP contribution in [0, 0.1) is 0 Å². The lowest BCUT2D eigenvalue weighted by molar-refractivity contribution is -0.117. The molecule has 0 radical (unpaired) electrons. The molecule has 1 aromatic heterocycles. The van der Waals surface area contributed by atoms with Gasteiger partial charge in [-0.25, -0.2) is 4.98 Å². The minimum atomic E-state index is -0.455. The lowest BCUT2D eigenvalue weighted by Gasteiger charge is -2.11. The molecule has 2 rings (SSSR count). The standard InChI is InChI=1S/C12H15N3OS2/c1-17-5-4-9(13)12(16)15-8-2-3-11-10(6-8)14-7-18-11/h2-3,6-7,9H,4-5,13H2,1H3,(H,15,16)/t9-/m0/s1. The second-order valence-electron chi connectivity index (χ2n) is 3.91. The fourth-order valence-electron chi connectivity index (χ4n) is 1.55. The van der Waals surface area contributed by atoms with E-state index >= 15 is 0 Å². The Morgan fingerprint density at radius 2 is 2.44 bits per heavy atom. The molecule has 0 aliphatic rings. The highest BCUT2D eigenvalue weighted by molar-refractivity contribution is 7.98. The zero-order valence-corrected chi connectivity index (χ0v) is 11.7. The van der Waals surface area contributed by atoms with E-state index in [-0.39, 0.29) is 5.91 Å². The summed E-state index contributed by atoms with van der Waals surface area (Å²) >= 11 is 3.27. The van der Waals surface area contributed by atoms with Crippen LogP contribution in [0.1, 0.15) is 6.42 Å². The van der Waals surface area contributed by atoms with Crippen molar-refractivity contribution in [3.63, 3.8) is 0 Å². The first-order valence-corrected chi connectivity index (χ1v) is 7.86. The number of hydrogen-bond acceptors (Lipinski definition) is 5. The van der Waals surface area contributed by atoms with Gasteiger partial charge in [0.15, 0.2) is 0 Å². The first kappa shape index (κ1) is 13.3. The van der Waals surface area contributed by atoms with Crippen molar-refractivity contribution < 1.29 is 4.79 Å². The van der Waals surface area contributed by atoms with Gasteiger partial charge >= 0.3 is 0 Å². The number of nitrogens with one attached hydrogen (secondary N) is 1. The van der Waals surface area contributed by atoms with Gasteiger partial charge in [-0.05, 0) is 36.6 Å². The molecule has 1 heterocycles. The quantitative estimate of drug-likeness (QED) is 0.882. The SMILES string of the molecule is CSCC[C@H](N)C(=O)Nc1ccc2scnc2c1. The van der Waals surface area contributed by atoms with E-state index in [4.69, 9.17) is 5.73 Å². The van der Waals surface area contributed by atoms with E-state index in [1.165, 1.54) is 0 Å². The van der Waals surface area contributed by atoms with E-state index in [2.05, 4.69) is 10.3 Å². The molecule has 0 saturated carbocycles. The highest BCUT2D eigenvalue weighted by Gasteiger charge is 2.13. The number of benzene rings is 1. The van der Waals surface area contributed by atoms with Crippen molar-refractivity contribution in [2.24, 2.45) is 5.73 Å². The normalized spacial score (nSPS) is 12.6. The molecule has 1 aromatic carbocycles. The van der Waals surface area contributed by atoms with Crippen molar-refractivity contribution in [2.75, 3.05) is 17.3 Å². The number of thiazole rings is 1. The second-order valence-corrected chi connectivity index (χ2v) is 5.78. The van der Waals surface area contributed by atoms with Gasteiger partial charge in [0.1, 0.15) is 0 Å². The Morgan fingerprint density at radius 3 is 3.22 bits per heavy atom. The van der Waals surface area contributed by atoms with Crippen LogP contribution < -0.4 is 11.1 Å². The van der Waals surface area contributed by atoms with Gasteiger partial charge < -0.3 is 11.1 Å². The van der Waals surface area contributed by atoms with Crippen LogP contribution >= 0.6 is 23.1 Å². The number of rotatable bonds is 5. The van der Waals surface area contributed by atoms with Crippen LogP contribution in [-0.4, -0.2) is 28.9 Å². The summed E-state index contributed by atoms with van der Waals surface area (Å²) in [6.45, 7) is 0. The summed E-state index contributed by atoms with van der Waals surface area (Å²) in [5.74, 6) is 0.748. The monoisotopic (exact) mass is 281 g/mol. The first-order valence-electron chi connectivity index (χ1n) is 5.59. The van der Waals surface area contributed by atoms with Gasteiger partial charge in [0.2, 0.25) is 5.91 Å². The summed E-state index contributed by atoms with van der Waals surface area (Å²) in [6, 6.07) is 5.24. The average Bonchev–Trinajstić information content (AvgIpc) is 2.83. The molecule has 0 aliphatic carbocycles. The number of nitrogens with zero attached hydrogens (tertiary/aromatic N) is 1. The zero-order valence-electron chi connectivity index (χ0n) is 10.1. The number of carbonyl (C=O) groups is 1. The van der Waals surface area contributed by atoms with Gasteiger partial charge in [0, 0.05) is 5.69 Å². The Balaban J connectivity index is 2.01. The van der Waals surface area contributed by atoms with E-state index in [1.54, 1.807) is 28.6 Å². The van der Waals surface area contributed by atoms with E-state index in [9.17, 15) is 4.79 Å². The molecular formula is C12H15N3OS2. The fraction of sp³-hybridized carbons (Fsp3) is 0.333. The Hall–Kier alpha value is -1.11. The van der Waals surface area contributed by atoms with Gasteiger partial charge in [0.25, 0.3) is 0 Å². The summed E-state index contributed by atoms with van der Waals surface area (Å²) in [5.41, 5.74) is 9.24. The van der Waals surface area contributed by atoms with Crippen LogP contribution in [0.25, 0.3) is 10.2 Å². The van der Waals surface area contributed by atoms with Gasteiger partial charge in [-0.1, -0.05) is 0 Å². The molecule has 0 saturated heterocycles. The molecule has 2 aromatic rings. The average molecular weight is 281 g/mol. The minimum Gasteiger partial charge on any atom is -0.325 e. The van der Waals surface area contributed by atoms with Crippen molar-refractivity contribution in [3.8, 4) is 0 Å². The number of amides is 1. The third-order valence-electron chi connectivity index (χ3n) is 2.57. The number of hydrogen-bond donors (Lipinski definition) is 2. The predicted octanol–water partition coefficient (Wildman–Crippen LogP) is 2.32. The first-order chi connectivity index (χ1) is 8.70. The molecule has 0 spiro atoms. The third-order valence-corrected chi connectivity index (χ3v) is 4.02. The summed E-state index contributed by atoms with van der Waals surface area (Å²) < 4.78 is 1.11. The Kier molecular flexibility index (Phi) is 4.57. The number of carbonyl (C=O) groups excluding carboxylic acids is 1. The summed E-state index contributed by atoms with van der Waals surface area (Å²) in [4.78, 5) is 16.0. The number of thioether (sulfide) groups is 1. The zero-order chi connectivity index (χ0) is 13.0. The van der Waals surface area contributed by atoms with Crippen molar-refractivity contribution in [2.45, 2.75) is 12.5 Å². The smallest absolute Gasteiger partial charge is 0.241 e. The molecule has 0 unspecified atom stereocenters. The predicted molar refractivity (Wildman–Crippen MR) is 79.2 cm³/mol. The molecule has 1 amide bonds. The highest BCUT2D eigenvalue weighted by atomic mass is 32.2. The molecule has 6 heteroatoms. The summed E-state index contributed by atoms with van der Waals surface area (Å²) in [5, 5.41) is 2.82. The summed E-state index contributed by atoms with van der Waals surface area (Å²) in [7, 11) is 0. The molecule has 0 bridgehead atoms. The number of fused-ring (bicyclic) bond motifs is 1. The molecule has 96 valence electrons. The van der Waals surface area contributed by atoms with E-state index in [1.807, 2.05) is 24.5 Å². The van der Waals surface area contributed by atoms with Crippen LogP contribution in [0.4, 0.5) is 5.69 Å². The molecular weight excluding hydrogens is 266 g/mol. The van der Waals surface area contributed by atoms with Crippen molar-refractivity contribution >= 4 is 44.9 Å². The molecule has 4 nitrogen and oxygen atoms in total. The van der Waals surface area contributed by atoms with Crippen LogP contribution in [0.5, 0.6) is 0 Å². The van der Waals surface area contributed by atoms with E-state index in [0.29, 0.717) is 6.42 Å². The van der Waals surface area contributed by atoms with Crippen molar-refractivity contribution in [3.05, 3.63) is 23.7 Å². The number of aromatic nitrogens is 1. The maximum Gasteiger partial charge on any atom is 0.241 e. The van der Waals surface area contributed by atoms with E-state index in [0.717, 1.165) is 21.7 Å². The van der Waals surface area contributed by atoms with Gasteiger partial charge in [0.05, 0.1) is 21.8 Å². The largest absolute Gasteiger partial charge is 0.325 e. The second kappa shape index (κ2) is 6.17. The Labute approximate surface area is 114 Å². The minimum absolute atomic E-state index is 0.140. The van der Waals surface area contributed by atoms with Crippen molar-refractivity contribution in [1.29, 1.82) is 0 Å². The van der Waals surface area contributed by atoms with Gasteiger partial charge in [-0.2, -0.15) is 11.8 Å². The van der Waals surface area contributed by atoms with Crippen molar-refractivity contribution in [1.82, 2.24) is 4.98 Å².